The van der Waals surface area contributed by atoms with Gasteiger partial charge in [0, 0.05) is 13.0 Å². The van der Waals surface area contributed by atoms with Crippen molar-refractivity contribution in [2.45, 2.75) is 111 Å². The highest BCUT2D eigenvalue weighted by atomic mass is 16.1. The Kier molecular flexibility index (Phi) is 16.0. The van der Waals surface area contributed by atoms with Gasteiger partial charge in [-0.25, -0.2) is 0 Å². The first-order chi connectivity index (χ1) is 11.1. The van der Waals surface area contributed by atoms with Gasteiger partial charge in [0.15, 0.2) is 0 Å². The molecule has 0 aliphatic heterocycles. The van der Waals surface area contributed by atoms with Gasteiger partial charge in [-0.2, -0.15) is 0 Å². The molecule has 138 valence electrons. The van der Waals surface area contributed by atoms with Gasteiger partial charge in [-0.15, -0.1) is 0 Å². The molecule has 1 N–H and O–H groups in total. The molecule has 0 aliphatic carbocycles. The van der Waals surface area contributed by atoms with Crippen LogP contribution >= 0.6 is 0 Å². The Balaban J connectivity index is 3.59. The van der Waals surface area contributed by atoms with Crippen LogP contribution < -0.4 is 5.32 Å². The summed E-state index contributed by atoms with van der Waals surface area (Å²) in [5, 5.41) is 3.00. The summed E-state index contributed by atoms with van der Waals surface area (Å²) in [6.45, 7) is 10.0. The highest BCUT2D eigenvalue weighted by Crippen LogP contribution is 2.24. The maximum atomic E-state index is 11.6. The molecule has 2 heteroatoms. The molecule has 1 amide bonds. The lowest BCUT2D eigenvalue weighted by atomic mass is 9.88. The third-order valence-corrected chi connectivity index (χ3v) is 5.08. The van der Waals surface area contributed by atoms with Crippen molar-refractivity contribution >= 4 is 5.91 Å². The van der Waals surface area contributed by atoms with Gasteiger partial charge in [0.05, 0.1) is 0 Å². The summed E-state index contributed by atoms with van der Waals surface area (Å²) in [5.41, 5.74) is 0. The van der Waals surface area contributed by atoms with E-state index in [1.54, 1.807) is 0 Å². The Morgan fingerprint density at radius 1 is 0.826 bits per heavy atom. The van der Waals surface area contributed by atoms with E-state index in [0.29, 0.717) is 0 Å². The Hall–Kier alpha value is -0.530. The standard InChI is InChI=1S/C21H43NO/c1-5-8-18-22-21(23)15-12-10-9-11-14-20(13-6-2)17-16-19(4)7-3/h19-20H,5-18H2,1-4H3,(H,22,23)/t19?,20-/m0/s1. The van der Waals surface area contributed by atoms with Gasteiger partial charge < -0.3 is 5.32 Å². The molecule has 0 aromatic rings. The second-order valence-electron chi connectivity index (χ2n) is 7.40. The third kappa shape index (κ3) is 14.8. The van der Waals surface area contributed by atoms with Gasteiger partial charge in [0.25, 0.3) is 0 Å². The molecule has 0 fully saturated rings. The number of carbonyl (C=O) groups excluding carboxylic acids is 1. The van der Waals surface area contributed by atoms with Crippen molar-refractivity contribution in [3.8, 4) is 0 Å². The number of hydrogen-bond donors (Lipinski definition) is 1. The molecular weight excluding hydrogens is 282 g/mol. The molecule has 0 aromatic carbocycles. The molecule has 0 radical (unpaired) electrons. The average molecular weight is 326 g/mol. The summed E-state index contributed by atoms with van der Waals surface area (Å²) < 4.78 is 0. The van der Waals surface area contributed by atoms with Crippen LogP contribution in [0.15, 0.2) is 0 Å². The van der Waals surface area contributed by atoms with Crippen LogP contribution in [-0.2, 0) is 4.79 Å². The van der Waals surface area contributed by atoms with Crippen molar-refractivity contribution in [3.05, 3.63) is 0 Å². The molecule has 0 spiro atoms. The van der Waals surface area contributed by atoms with Crippen molar-refractivity contribution in [1.29, 1.82) is 0 Å². The van der Waals surface area contributed by atoms with E-state index in [2.05, 4.69) is 33.0 Å². The largest absolute Gasteiger partial charge is 0.356 e. The smallest absolute Gasteiger partial charge is 0.219 e. The van der Waals surface area contributed by atoms with Crippen LogP contribution in [0.1, 0.15) is 111 Å². The number of amides is 1. The van der Waals surface area contributed by atoms with Gasteiger partial charge in [0.1, 0.15) is 0 Å². The second kappa shape index (κ2) is 16.3. The number of unbranched alkanes of at least 4 members (excludes halogenated alkanes) is 4. The summed E-state index contributed by atoms with van der Waals surface area (Å²) in [4.78, 5) is 11.6. The lowest BCUT2D eigenvalue weighted by Gasteiger charge is -2.18. The summed E-state index contributed by atoms with van der Waals surface area (Å²) >= 11 is 0. The summed E-state index contributed by atoms with van der Waals surface area (Å²) in [6.07, 6.45) is 16.1. The molecule has 0 bridgehead atoms. The van der Waals surface area contributed by atoms with Crippen LogP contribution in [-0.4, -0.2) is 12.5 Å². The monoisotopic (exact) mass is 325 g/mol. The zero-order chi connectivity index (χ0) is 17.3. The number of carbonyl (C=O) groups is 1. The SMILES string of the molecule is CCCCNC(=O)CCCCCC[C@H](CCC)CCC(C)CC. The van der Waals surface area contributed by atoms with Crippen LogP contribution in [0.2, 0.25) is 0 Å². The highest BCUT2D eigenvalue weighted by molar-refractivity contribution is 5.75. The number of nitrogens with one attached hydrogen (secondary N) is 1. The summed E-state index contributed by atoms with van der Waals surface area (Å²) in [7, 11) is 0. The zero-order valence-corrected chi connectivity index (χ0v) is 16.5. The molecule has 0 saturated heterocycles. The predicted octanol–water partition coefficient (Wildman–Crippen LogP) is 6.49. The van der Waals surface area contributed by atoms with Gasteiger partial charge in [-0.1, -0.05) is 91.9 Å². The van der Waals surface area contributed by atoms with Gasteiger partial charge >= 0.3 is 0 Å². The van der Waals surface area contributed by atoms with E-state index in [9.17, 15) is 4.79 Å². The minimum absolute atomic E-state index is 0.246. The Morgan fingerprint density at radius 3 is 2.22 bits per heavy atom. The minimum Gasteiger partial charge on any atom is -0.356 e. The van der Waals surface area contributed by atoms with Crippen molar-refractivity contribution in [1.82, 2.24) is 5.32 Å². The first-order valence-electron chi connectivity index (χ1n) is 10.4. The molecular formula is C21H43NO. The zero-order valence-electron chi connectivity index (χ0n) is 16.5. The van der Waals surface area contributed by atoms with Crippen molar-refractivity contribution in [2.24, 2.45) is 11.8 Å². The Morgan fingerprint density at radius 2 is 1.57 bits per heavy atom. The first-order valence-corrected chi connectivity index (χ1v) is 10.4. The van der Waals surface area contributed by atoms with Crippen molar-refractivity contribution in [2.75, 3.05) is 6.54 Å². The fourth-order valence-electron chi connectivity index (χ4n) is 3.13. The Bertz CT molecular complexity index is 265. The molecule has 23 heavy (non-hydrogen) atoms. The summed E-state index contributed by atoms with van der Waals surface area (Å²) in [5.74, 6) is 2.07. The van der Waals surface area contributed by atoms with Gasteiger partial charge in [0.2, 0.25) is 5.91 Å². The van der Waals surface area contributed by atoms with E-state index in [-0.39, 0.29) is 5.91 Å². The molecule has 2 nitrogen and oxygen atoms in total. The van der Waals surface area contributed by atoms with E-state index in [0.717, 1.165) is 44.1 Å². The third-order valence-electron chi connectivity index (χ3n) is 5.08. The second-order valence-corrected chi connectivity index (χ2v) is 7.40. The number of rotatable bonds is 16. The lowest BCUT2D eigenvalue weighted by Crippen LogP contribution is -2.23. The van der Waals surface area contributed by atoms with Crippen molar-refractivity contribution < 1.29 is 4.79 Å². The van der Waals surface area contributed by atoms with Crippen LogP contribution in [0.5, 0.6) is 0 Å². The maximum absolute atomic E-state index is 11.6. The predicted molar refractivity (Wildman–Crippen MR) is 103 cm³/mol. The van der Waals surface area contributed by atoms with E-state index < -0.39 is 0 Å². The van der Waals surface area contributed by atoms with Crippen molar-refractivity contribution in [3.63, 3.8) is 0 Å². The van der Waals surface area contributed by atoms with Gasteiger partial charge in [-0.3, -0.25) is 4.79 Å². The lowest BCUT2D eigenvalue weighted by molar-refractivity contribution is -0.121. The molecule has 0 saturated carbocycles. The fraction of sp³-hybridized carbons (Fsp3) is 0.952. The van der Waals surface area contributed by atoms with E-state index in [1.807, 2.05) is 0 Å². The topological polar surface area (TPSA) is 29.1 Å². The molecule has 0 heterocycles. The van der Waals surface area contributed by atoms with E-state index >= 15 is 0 Å². The molecule has 0 aliphatic rings. The fourth-order valence-corrected chi connectivity index (χ4v) is 3.13. The van der Waals surface area contributed by atoms with E-state index in [1.165, 1.54) is 57.8 Å². The first kappa shape index (κ1) is 22.5. The van der Waals surface area contributed by atoms with Crippen LogP contribution in [0, 0.1) is 11.8 Å². The number of hydrogen-bond acceptors (Lipinski definition) is 1. The minimum atomic E-state index is 0.246. The molecule has 1 unspecified atom stereocenters. The average Bonchev–Trinajstić information content (AvgIpc) is 2.55. The summed E-state index contributed by atoms with van der Waals surface area (Å²) in [6, 6.07) is 0. The Labute approximate surface area is 146 Å². The van der Waals surface area contributed by atoms with Crippen LogP contribution in [0.4, 0.5) is 0 Å². The highest BCUT2D eigenvalue weighted by Gasteiger charge is 2.09. The van der Waals surface area contributed by atoms with Crippen LogP contribution in [0.3, 0.4) is 0 Å². The normalized spacial score (nSPS) is 13.7. The van der Waals surface area contributed by atoms with E-state index in [4.69, 9.17) is 0 Å². The van der Waals surface area contributed by atoms with Crippen LogP contribution in [0.25, 0.3) is 0 Å². The molecule has 0 rings (SSSR count). The molecule has 0 aromatic heterocycles. The molecule has 2 atom stereocenters. The quantitative estimate of drug-likeness (QED) is 0.323. The van der Waals surface area contributed by atoms with Gasteiger partial charge in [-0.05, 0) is 24.7 Å². The maximum Gasteiger partial charge on any atom is 0.219 e.